The number of hydrogen-bond donors (Lipinski definition) is 0. The molecule has 2 amide bonds. The summed E-state index contributed by atoms with van der Waals surface area (Å²) in [6.45, 7) is 4.65. The molecule has 136 valence electrons. The second-order valence-electron chi connectivity index (χ2n) is 7.08. The first-order chi connectivity index (χ1) is 12.1. The first-order valence-corrected chi connectivity index (χ1v) is 9.09. The fourth-order valence-corrected chi connectivity index (χ4v) is 3.63. The summed E-state index contributed by atoms with van der Waals surface area (Å²) in [6.07, 6.45) is 1.96. The van der Waals surface area contributed by atoms with Gasteiger partial charge >= 0.3 is 0 Å². The Balaban J connectivity index is 1.58. The number of hydrogen-bond acceptors (Lipinski definition) is 4. The van der Waals surface area contributed by atoms with Crippen molar-refractivity contribution in [2.75, 3.05) is 58.3 Å². The third kappa shape index (κ3) is 4.19. The minimum atomic E-state index is -0.0272. The molecule has 1 aromatic carbocycles. The fraction of sp³-hybridized carbons (Fsp3) is 0.579. The Bertz CT molecular complexity index is 597. The first kappa shape index (κ1) is 17.9. The Labute approximate surface area is 150 Å². The molecule has 0 spiro atoms. The molecule has 0 N–H and O–H groups in total. The van der Waals surface area contributed by atoms with Gasteiger partial charge in [-0.05, 0) is 25.0 Å². The van der Waals surface area contributed by atoms with Gasteiger partial charge in [0.1, 0.15) is 0 Å². The Hall–Kier alpha value is -1.92. The van der Waals surface area contributed by atoms with E-state index in [1.807, 2.05) is 35.2 Å². The van der Waals surface area contributed by atoms with Crippen molar-refractivity contribution < 1.29 is 9.59 Å². The van der Waals surface area contributed by atoms with E-state index < -0.39 is 0 Å². The van der Waals surface area contributed by atoms with E-state index >= 15 is 0 Å². The smallest absolute Gasteiger partial charge is 0.244 e. The molecule has 0 saturated carbocycles. The zero-order valence-electron chi connectivity index (χ0n) is 15.2. The van der Waals surface area contributed by atoms with E-state index in [0.717, 1.165) is 51.3 Å². The van der Waals surface area contributed by atoms with Crippen molar-refractivity contribution in [3.8, 4) is 0 Å². The molecule has 2 aliphatic rings. The summed E-state index contributed by atoms with van der Waals surface area (Å²) in [5.41, 5.74) is 0.993. The van der Waals surface area contributed by atoms with E-state index in [9.17, 15) is 9.59 Å². The lowest BCUT2D eigenvalue weighted by molar-refractivity contribution is -0.131. The van der Waals surface area contributed by atoms with Gasteiger partial charge in [-0.1, -0.05) is 18.2 Å². The van der Waals surface area contributed by atoms with E-state index in [0.29, 0.717) is 6.54 Å². The zero-order chi connectivity index (χ0) is 17.8. The van der Waals surface area contributed by atoms with Crippen LogP contribution < -0.4 is 4.90 Å². The molecule has 0 unspecified atom stereocenters. The quantitative estimate of drug-likeness (QED) is 0.814. The summed E-state index contributed by atoms with van der Waals surface area (Å²) >= 11 is 0. The number of piperidine rings is 1. The molecule has 6 heteroatoms. The Morgan fingerprint density at radius 1 is 1.08 bits per heavy atom. The van der Waals surface area contributed by atoms with Gasteiger partial charge in [-0.3, -0.25) is 19.4 Å². The van der Waals surface area contributed by atoms with Crippen molar-refractivity contribution in [1.82, 2.24) is 14.7 Å². The lowest BCUT2D eigenvalue weighted by atomic mass is 10.0. The van der Waals surface area contributed by atoms with Crippen molar-refractivity contribution in [1.29, 1.82) is 0 Å². The number of carbonyl (C=O) groups is 2. The minimum Gasteiger partial charge on any atom is -0.348 e. The van der Waals surface area contributed by atoms with Crippen LogP contribution in [-0.4, -0.2) is 85.9 Å². The Morgan fingerprint density at radius 2 is 1.76 bits per heavy atom. The summed E-state index contributed by atoms with van der Waals surface area (Å²) < 4.78 is 0. The summed E-state index contributed by atoms with van der Waals surface area (Å²) in [6, 6.07) is 9.92. The van der Waals surface area contributed by atoms with Crippen molar-refractivity contribution in [2.24, 2.45) is 0 Å². The average molecular weight is 344 g/mol. The number of anilines is 1. The van der Waals surface area contributed by atoms with Crippen molar-refractivity contribution in [3.05, 3.63) is 30.3 Å². The number of benzene rings is 1. The van der Waals surface area contributed by atoms with Crippen LogP contribution in [-0.2, 0) is 9.59 Å². The maximum Gasteiger partial charge on any atom is 0.244 e. The second kappa shape index (κ2) is 7.97. The van der Waals surface area contributed by atoms with Gasteiger partial charge in [0, 0.05) is 52.5 Å². The van der Waals surface area contributed by atoms with Crippen LogP contribution in [0.4, 0.5) is 5.69 Å². The third-order valence-corrected chi connectivity index (χ3v) is 5.18. The van der Waals surface area contributed by atoms with Gasteiger partial charge in [-0.2, -0.15) is 0 Å². The Morgan fingerprint density at radius 3 is 2.40 bits per heavy atom. The molecule has 2 aliphatic heterocycles. The minimum absolute atomic E-state index is 0.0272. The van der Waals surface area contributed by atoms with E-state index in [1.165, 1.54) is 0 Å². The van der Waals surface area contributed by atoms with Gasteiger partial charge in [0.25, 0.3) is 0 Å². The zero-order valence-corrected chi connectivity index (χ0v) is 15.2. The fourth-order valence-electron chi connectivity index (χ4n) is 3.63. The van der Waals surface area contributed by atoms with Crippen molar-refractivity contribution in [3.63, 3.8) is 0 Å². The molecular formula is C19H28N4O2. The van der Waals surface area contributed by atoms with E-state index in [2.05, 4.69) is 9.80 Å². The van der Waals surface area contributed by atoms with Crippen LogP contribution in [0.3, 0.4) is 0 Å². The molecule has 0 aliphatic carbocycles. The highest BCUT2D eigenvalue weighted by Crippen LogP contribution is 2.24. The highest BCUT2D eigenvalue weighted by atomic mass is 16.2. The number of piperazine rings is 1. The molecule has 25 heavy (non-hydrogen) atoms. The van der Waals surface area contributed by atoms with E-state index in [1.54, 1.807) is 19.0 Å². The van der Waals surface area contributed by atoms with Gasteiger partial charge in [-0.15, -0.1) is 0 Å². The van der Waals surface area contributed by atoms with Crippen LogP contribution >= 0.6 is 0 Å². The lowest BCUT2D eigenvalue weighted by Crippen LogP contribution is -2.58. The van der Waals surface area contributed by atoms with Gasteiger partial charge in [0.2, 0.25) is 11.8 Å². The monoisotopic (exact) mass is 344 g/mol. The van der Waals surface area contributed by atoms with Crippen LogP contribution in [0.5, 0.6) is 0 Å². The molecule has 0 radical (unpaired) electrons. The maximum absolute atomic E-state index is 13.0. The molecule has 0 aromatic heterocycles. The topological polar surface area (TPSA) is 47.1 Å². The highest BCUT2D eigenvalue weighted by molar-refractivity contribution is 5.97. The summed E-state index contributed by atoms with van der Waals surface area (Å²) in [7, 11) is 3.58. The predicted molar refractivity (Wildman–Crippen MR) is 98.5 cm³/mol. The number of amides is 2. The molecule has 1 atom stereocenters. The molecule has 1 aromatic rings. The number of para-hydroxylation sites is 1. The van der Waals surface area contributed by atoms with Crippen LogP contribution in [0.2, 0.25) is 0 Å². The van der Waals surface area contributed by atoms with Gasteiger partial charge in [0.15, 0.2) is 0 Å². The largest absolute Gasteiger partial charge is 0.348 e. The van der Waals surface area contributed by atoms with Crippen LogP contribution in [0.15, 0.2) is 30.3 Å². The summed E-state index contributed by atoms with van der Waals surface area (Å²) in [4.78, 5) is 32.9. The molecule has 2 heterocycles. The second-order valence-corrected chi connectivity index (χ2v) is 7.08. The first-order valence-electron chi connectivity index (χ1n) is 9.09. The Kier molecular flexibility index (Phi) is 5.71. The van der Waals surface area contributed by atoms with Crippen molar-refractivity contribution >= 4 is 17.5 Å². The summed E-state index contributed by atoms with van der Waals surface area (Å²) in [5.74, 6) is 0.354. The molecular weight excluding hydrogens is 316 g/mol. The molecule has 0 bridgehead atoms. The number of rotatable bonds is 4. The van der Waals surface area contributed by atoms with E-state index in [-0.39, 0.29) is 17.9 Å². The van der Waals surface area contributed by atoms with Crippen LogP contribution in [0.25, 0.3) is 0 Å². The third-order valence-electron chi connectivity index (χ3n) is 5.18. The molecule has 2 fully saturated rings. The normalized spacial score (nSPS) is 22.9. The van der Waals surface area contributed by atoms with Crippen LogP contribution in [0.1, 0.15) is 12.8 Å². The van der Waals surface area contributed by atoms with Crippen molar-refractivity contribution in [2.45, 2.75) is 18.9 Å². The molecule has 3 rings (SSSR count). The van der Waals surface area contributed by atoms with Gasteiger partial charge < -0.3 is 9.80 Å². The average Bonchev–Trinajstić information content (AvgIpc) is 2.63. The summed E-state index contributed by atoms with van der Waals surface area (Å²) in [5, 5.41) is 0. The van der Waals surface area contributed by atoms with E-state index in [4.69, 9.17) is 0 Å². The number of carbonyl (C=O) groups excluding carboxylic acids is 2. The number of nitrogens with zero attached hydrogens (tertiary/aromatic N) is 4. The molecule has 2 saturated heterocycles. The molecule has 6 nitrogen and oxygen atoms in total. The number of likely N-dealkylation sites (N-methyl/N-ethyl adjacent to an activating group) is 1. The van der Waals surface area contributed by atoms with Crippen LogP contribution in [0, 0.1) is 0 Å². The lowest BCUT2D eigenvalue weighted by Gasteiger charge is -2.42. The highest BCUT2D eigenvalue weighted by Gasteiger charge is 2.35. The maximum atomic E-state index is 13.0. The standard InChI is InChI=1S/C19H28N4O2/c1-20(2)18(24)15-21-11-13-22(14-12-21)17-9-6-10-23(19(17)25)16-7-4-3-5-8-16/h3-5,7-8,17H,6,9-15H2,1-2H3/t17-/m0/s1. The SMILES string of the molecule is CN(C)C(=O)CN1CCN([C@H]2CCCN(c3ccccc3)C2=O)CC1. The van der Waals surface area contributed by atoms with Gasteiger partial charge in [0.05, 0.1) is 12.6 Å². The van der Waals surface area contributed by atoms with Gasteiger partial charge in [-0.25, -0.2) is 0 Å². The predicted octanol–water partition coefficient (Wildman–Crippen LogP) is 0.888.